The lowest BCUT2D eigenvalue weighted by atomic mass is 9.88. The van der Waals surface area contributed by atoms with Crippen molar-refractivity contribution in [1.82, 2.24) is 0 Å². The number of carbonyl (C=O) groups is 1. The summed E-state index contributed by atoms with van der Waals surface area (Å²) in [6.45, 7) is 5.97. The van der Waals surface area contributed by atoms with Crippen LogP contribution in [0, 0.1) is 11.8 Å². The smallest absolute Gasteiger partial charge is 0.136 e. The van der Waals surface area contributed by atoms with Crippen molar-refractivity contribution in [3.8, 4) is 0 Å². The lowest BCUT2D eigenvalue weighted by Gasteiger charge is -2.16. The van der Waals surface area contributed by atoms with E-state index in [1.54, 1.807) is 0 Å². The van der Waals surface area contributed by atoms with Crippen LogP contribution in [-0.4, -0.2) is 5.78 Å². The molecule has 1 aliphatic rings. The Morgan fingerprint density at radius 2 is 2.29 bits per heavy atom. The second-order valence-electron chi connectivity index (χ2n) is 4.39. The van der Waals surface area contributed by atoms with E-state index >= 15 is 0 Å². The quantitative estimate of drug-likeness (QED) is 0.465. The van der Waals surface area contributed by atoms with Gasteiger partial charge in [-0.2, -0.15) is 0 Å². The molecule has 0 bridgehead atoms. The fraction of sp³-hybridized carbons (Fsp3) is 0.769. The number of hydrogen-bond donors (Lipinski definition) is 0. The zero-order chi connectivity index (χ0) is 10.4. The molecule has 0 spiro atoms. The number of ketones is 1. The van der Waals surface area contributed by atoms with Crippen molar-refractivity contribution in [3.05, 3.63) is 12.7 Å². The molecular weight excluding hydrogens is 172 g/mol. The molecule has 0 aliphatic heterocycles. The third-order valence-electron chi connectivity index (χ3n) is 3.33. The predicted octanol–water partition coefficient (Wildman–Crippen LogP) is 3.74. The molecule has 0 aromatic carbocycles. The van der Waals surface area contributed by atoms with Crippen LogP contribution in [0.4, 0.5) is 0 Å². The molecule has 14 heavy (non-hydrogen) atoms. The number of allylic oxidation sites excluding steroid dienone is 1. The number of carbonyl (C=O) groups excluding carboxylic acids is 1. The Bertz CT molecular complexity index is 195. The highest BCUT2D eigenvalue weighted by Crippen LogP contribution is 2.34. The first-order chi connectivity index (χ1) is 6.79. The van der Waals surface area contributed by atoms with Gasteiger partial charge in [-0.3, -0.25) is 4.79 Å². The van der Waals surface area contributed by atoms with Gasteiger partial charge in [0.1, 0.15) is 5.78 Å². The molecule has 1 heteroatoms. The molecule has 0 radical (unpaired) electrons. The molecule has 0 N–H and O–H groups in total. The molecule has 1 nitrogen and oxygen atoms in total. The molecule has 1 aliphatic carbocycles. The third-order valence-corrected chi connectivity index (χ3v) is 3.33. The molecule has 0 amide bonds. The van der Waals surface area contributed by atoms with Crippen molar-refractivity contribution in [3.63, 3.8) is 0 Å². The molecule has 1 rings (SSSR count). The minimum absolute atomic E-state index is 0.361. The Kier molecular flexibility index (Phi) is 4.92. The van der Waals surface area contributed by atoms with Gasteiger partial charge >= 0.3 is 0 Å². The maximum Gasteiger partial charge on any atom is 0.136 e. The van der Waals surface area contributed by atoms with E-state index in [-0.39, 0.29) is 0 Å². The first-order valence-corrected chi connectivity index (χ1v) is 5.93. The molecule has 1 fully saturated rings. The maximum absolute atomic E-state index is 11.6. The van der Waals surface area contributed by atoms with Crippen LogP contribution in [0.15, 0.2) is 12.7 Å². The van der Waals surface area contributed by atoms with Gasteiger partial charge in [0.2, 0.25) is 0 Å². The molecule has 0 unspecified atom stereocenters. The molecule has 0 aromatic rings. The summed E-state index contributed by atoms with van der Waals surface area (Å²) < 4.78 is 0. The van der Waals surface area contributed by atoms with Crippen molar-refractivity contribution >= 4 is 5.78 Å². The number of hydrogen-bond acceptors (Lipinski definition) is 1. The topological polar surface area (TPSA) is 17.1 Å². The largest absolute Gasteiger partial charge is 0.299 e. The SMILES string of the molecule is C=CC[C@H]1CCC(=O)[C@H]1CCCCC. The van der Waals surface area contributed by atoms with Crippen LogP contribution in [-0.2, 0) is 4.79 Å². The van der Waals surface area contributed by atoms with Crippen molar-refractivity contribution < 1.29 is 4.79 Å². The van der Waals surface area contributed by atoms with E-state index in [1.807, 2.05) is 6.08 Å². The maximum atomic E-state index is 11.6. The summed E-state index contributed by atoms with van der Waals surface area (Å²) >= 11 is 0. The molecule has 1 saturated carbocycles. The summed E-state index contributed by atoms with van der Waals surface area (Å²) in [6.07, 6.45) is 9.76. The first-order valence-electron chi connectivity index (χ1n) is 5.93. The lowest BCUT2D eigenvalue weighted by Crippen LogP contribution is -2.14. The lowest BCUT2D eigenvalue weighted by molar-refractivity contribution is -0.121. The van der Waals surface area contributed by atoms with Crippen molar-refractivity contribution in [2.75, 3.05) is 0 Å². The summed E-state index contributed by atoms with van der Waals surface area (Å²) in [5.41, 5.74) is 0. The number of Topliss-reactive ketones (excluding diaryl/α,β-unsaturated/α-hetero) is 1. The summed E-state index contributed by atoms with van der Waals surface area (Å²) in [7, 11) is 0. The van der Waals surface area contributed by atoms with Crippen LogP contribution >= 0.6 is 0 Å². The molecule has 0 saturated heterocycles. The fourth-order valence-corrected chi connectivity index (χ4v) is 2.48. The minimum atomic E-state index is 0.361. The van der Waals surface area contributed by atoms with Gasteiger partial charge in [-0.25, -0.2) is 0 Å². The Labute approximate surface area is 87.6 Å². The zero-order valence-electron chi connectivity index (χ0n) is 9.30. The van der Waals surface area contributed by atoms with Gasteiger partial charge in [0.15, 0.2) is 0 Å². The Balaban J connectivity index is 2.36. The van der Waals surface area contributed by atoms with E-state index in [1.165, 1.54) is 19.3 Å². The summed E-state index contributed by atoms with van der Waals surface area (Å²) in [5.74, 6) is 1.48. The van der Waals surface area contributed by atoms with Gasteiger partial charge in [-0.05, 0) is 25.2 Å². The Morgan fingerprint density at radius 1 is 1.50 bits per heavy atom. The van der Waals surface area contributed by atoms with Crippen LogP contribution in [0.5, 0.6) is 0 Å². The van der Waals surface area contributed by atoms with E-state index in [0.29, 0.717) is 17.6 Å². The van der Waals surface area contributed by atoms with E-state index in [9.17, 15) is 4.79 Å². The average molecular weight is 194 g/mol. The highest BCUT2D eigenvalue weighted by Gasteiger charge is 2.32. The monoisotopic (exact) mass is 194 g/mol. The fourth-order valence-electron chi connectivity index (χ4n) is 2.48. The molecular formula is C13H22O. The van der Waals surface area contributed by atoms with Gasteiger partial charge in [0.05, 0.1) is 0 Å². The third kappa shape index (κ3) is 2.97. The average Bonchev–Trinajstić information content (AvgIpc) is 2.50. The van der Waals surface area contributed by atoms with Crippen LogP contribution in [0.1, 0.15) is 51.9 Å². The van der Waals surface area contributed by atoms with Gasteiger partial charge in [0, 0.05) is 12.3 Å². The molecule has 0 heterocycles. The van der Waals surface area contributed by atoms with Gasteiger partial charge in [-0.15, -0.1) is 6.58 Å². The van der Waals surface area contributed by atoms with E-state index < -0.39 is 0 Å². The van der Waals surface area contributed by atoms with Gasteiger partial charge < -0.3 is 0 Å². The summed E-state index contributed by atoms with van der Waals surface area (Å²) in [5, 5.41) is 0. The Morgan fingerprint density at radius 3 is 2.93 bits per heavy atom. The van der Waals surface area contributed by atoms with Gasteiger partial charge in [-0.1, -0.05) is 32.3 Å². The van der Waals surface area contributed by atoms with Gasteiger partial charge in [0.25, 0.3) is 0 Å². The Hall–Kier alpha value is -0.590. The second kappa shape index (κ2) is 6.00. The van der Waals surface area contributed by atoms with Crippen molar-refractivity contribution in [1.29, 1.82) is 0 Å². The zero-order valence-corrected chi connectivity index (χ0v) is 9.30. The standard InChI is InChI=1S/C13H22O/c1-3-5-6-8-12-11(7-4-2)9-10-13(12)14/h4,11-12H,2-3,5-10H2,1H3/t11-,12-/m0/s1. The van der Waals surface area contributed by atoms with Crippen LogP contribution < -0.4 is 0 Å². The van der Waals surface area contributed by atoms with Crippen LogP contribution in [0.3, 0.4) is 0 Å². The molecule has 2 atom stereocenters. The summed E-state index contributed by atoms with van der Waals surface area (Å²) in [4.78, 5) is 11.6. The van der Waals surface area contributed by atoms with E-state index in [2.05, 4.69) is 13.5 Å². The second-order valence-corrected chi connectivity index (χ2v) is 4.39. The normalized spacial score (nSPS) is 26.8. The summed E-state index contributed by atoms with van der Waals surface area (Å²) in [6, 6.07) is 0. The number of rotatable bonds is 6. The van der Waals surface area contributed by atoms with Crippen molar-refractivity contribution in [2.45, 2.75) is 51.9 Å². The highest BCUT2D eigenvalue weighted by molar-refractivity contribution is 5.83. The minimum Gasteiger partial charge on any atom is -0.299 e. The van der Waals surface area contributed by atoms with E-state index in [4.69, 9.17) is 0 Å². The van der Waals surface area contributed by atoms with E-state index in [0.717, 1.165) is 25.7 Å². The van der Waals surface area contributed by atoms with Crippen LogP contribution in [0.2, 0.25) is 0 Å². The first kappa shape index (κ1) is 11.5. The van der Waals surface area contributed by atoms with Crippen LogP contribution in [0.25, 0.3) is 0 Å². The number of unbranched alkanes of at least 4 members (excludes halogenated alkanes) is 2. The molecule has 0 aromatic heterocycles. The highest BCUT2D eigenvalue weighted by atomic mass is 16.1. The van der Waals surface area contributed by atoms with Crippen molar-refractivity contribution in [2.24, 2.45) is 11.8 Å². The predicted molar refractivity (Wildman–Crippen MR) is 60.2 cm³/mol. The molecule has 80 valence electrons.